The molecule has 0 radical (unpaired) electrons. The van der Waals surface area contributed by atoms with Crippen molar-refractivity contribution in [3.05, 3.63) is 109 Å². The van der Waals surface area contributed by atoms with E-state index in [1.807, 2.05) is 66.9 Å². The van der Waals surface area contributed by atoms with Crippen molar-refractivity contribution < 1.29 is 4.74 Å². The summed E-state index contributed by atoms with van der Waals surface area (Å²) in [5.41, 5.74) is 4.19. The molecule has 2 aromatic carbocycles. The number of pyridine rings is 1. The molecule has 1 aliphatic rings. The van der Waals surface area contributed by atoms with Crippen LogP contribution in [0, 0.1) is 0 Å². The smallest absolute Gasteiger partial charge is 0.174 e. The molecule has 0 saturated carbocycles. The number of methoxy groups -OCH3 is 1. The molecule has 0 bridgehead atoms. The number of hydrogen-bond donors (Lipinski definition) is 1. The molecule has 3 heterocycles. The second-order valence-electron chi connectivity index (χ2n) is 7.33. The zero-order valence-corrected chi connectivity index (χ0v) is 17.9. The van der Waals surface area contributed by atoms with Crippen LogP contribution < -0.4 is 15.0 Å². The third-order valence-corrected chi connectivity index (χ3v) is 5.88. The molecular formula is C25H22N4OS. The van der Waals surface area contributed by atoms with Crippen LogP contribution in [-0.4, -0.2) is 21.8 Å². The Morgan fingerprint density at radius 1 is 0.871 bits per heavy atom. The molecule has 1 aliphatic heterocycles. The largest absolute Gasteiger partial charge is 0.497 e. The first kappa shape index (κ1) is 19.3. The summed E-state index contributed by atoms with van der Waals surface area (Å²) >= 11 is 5.82. The van der Waals surface area contributed by atoms with E-state index >= 15 is 0 Å². The first-order chi connectivity index (χ1) is 15.3. The maximum Gasteiger partial charge on any atom is 0.174 e. The molecule has 0 amide bonds. The number of hydrogen-bond acceptors (Lipinski definition) is 3. The summed E-state index contributed by atoms with van der Waals surface area (Å²) in [5, 5.41) is 4.19. The molecule has 5 rings (SSSR count). The number of nitrogens with one attached hydrogen (secondary N) is 1. The summed E-state index contributed by atoms with van der Waals surface area (Å²) in [6.45, 7) is 0. The van der Waals surface area contributed by atoms with Gasteiger partial charge in [0, 0.05) is 29.5 Å². The van der Waals surface area contributed by atoms with Crippen molar-refractivity contribution in [3.8, 4) is 11.4 Å². The van der Waals surface area contributed by atoms with Crippen LogP contribution in [0.4, 0.5) is 5.69 Å². The molecule has 2 atom stereocenters. The van der Waals surface area contributed by atoms with E-state index in [4.69, 9.17) is 17.0 Å². The quantitative estimate of drug-likeness (QED) is 0.452. The molecule has 1 saturated heterocycles. The second-order valence-corrected chi connectivity index (χ2v) is 7.72. The van der Waals surface area contributed by atoms with E-state index in [0.29, 0.717) is 5.11 Å². The highest BCUT2D eigenvalue weighted by Crippen LogP contribution is 2.42. The van der Waals surface area contributed by atoms with Crippen molar-refractivity contribution >= 4 is 23.0 Å². The van der Waals surface area contributed by atoms with Crippen molar-refractivity contribution in [2.24, 2.45) is 0 Å². The Morgan fingerprint density at radius 3 is 2.35 bits per heavy atom. The zero-order chi connectivity index (χ0) is 21.2. The van der Waals surface area contributed by atoms with E-state index in [1.165, 1.54) is 0 Å². The minimum atomic E-state index is -0.0897. The molecule has 0 spiro atoms. The highest BCUT2D eigenvalue weighted by molar-refractivity contribution is 7.80. The number of ether oxygens (including phenoxy) is 1. The fraction of sp³-hybridized carbons (Fsp3) is 0.120. The summed E-state index contributed by atoms with van der Waals surface area (Å²) in [7, 11) is 1.67. The molecule has 6 heteroatoms. The lowest BCUT2D eigenvalue weighted by atomic mass is 10.0. The summed E-state index contributed by atoms with van der Waals surface area (Å²) in [6, 6.07) is 28.4. The SMILES string of the molecule is COc1ccc(N2C(=S)NC(c3ccccn3)C2c2cccn2-c2ccccc2)cc1. The highest BCUT2D eigenvalue weighted by atomic mass is 32.1. The molecular weight excluding hydrogens is 404 g/mol. The molecule has 2 aromatic heterocycles. The molecule has 5 nitrogen and oxygen atoms in total. The van der Waals surface area contributed by atoms with Crippen molar-refractivity contribution in [2.45, 2.75) is 12.1 Å². The van der Waals surface area contributed by atoms with Gasteiger partial charge in [0.05, 0.1) is 18.8 Å². The Bertz CT molecular complexity index is 1180. The van der Waals surface area contributed by atoms with Crippen molar-refractivity contribution in [3.63, 3.8) is 0 Å². The predicted octanol–water partition coefficient (Wildman–Crippen LogP) is 5.06. The molecule has 1 fully saturated rings. The standard InChI is InChI=1S/C25H22N4OS/c1-30-20-14-12-19(13-15-20)29-24(23(27-25(29)31)21-10-5-6-16-26-21)22-11-7-17-28(22)18-8-3-2-4-9-18/h2-17,23-24H,1H3,(H,27,31). The monoisotopic (exact) mass is 426 g/mol. The first-order valence-electron chi connectivity index (χ1n) is 10.1. The van der Waals surface area contributed by atoms with E-state index in [0.717, 1.165) is 28.5 Å². The van der Waals surface area contributed by atoms with Gasteiger partial charge in [-0.1, -0.05) is 24.3 Å². The van der Waals surface area contributed by atoms with Crippen LogP contribution in [0.5, 0.6) is 5.75 Å². The van der Waals surface area contributed by atoms with Crippen LogP contribution in [0.25, 0.3) is 5.69 Å². The Morgan fingerprint density at radius 2 is 1.65 bits per heavy atom. The summed E-state index contributed by atoms with van der Waals surface area (Å²) < 4.78 is 7.56. The highest BCUT2D eigenvalue weighted by Gasteiger charge is 2.42. The number of nitrogens with zero attached hydrogens (tertiary/aromatic N) is 3. The topological polar surface area (TPSA) is 42.3 Å². The van der Waals surface area contributed by atoms with Crippen LogP contribution in [0.1, 0.15) is 23.5 Å². The number of para-hydroxylation sites is 1. The summed E-state index contributed by atoms with van der Waals surface area (Å²) in [5.74, 6) is 0.812. The Hall–Kier alpha value is -3.64. The van der Waals surface area contributed by atoms with Gasteiger partial charge in [-0.3, -0.25) is 4.98 Å². The number of aromatic nitrogens is 2. The third kappa shape index (κ3) is 3.55. The third-order valence-electron chi connectivity index (χ3n) is 5.57. The Labute approximate surface area is 186 Å². The van der Waals surface area contributed by atoms with Gasteiger partial charge in [-0.25, -0.2) is 0 Å². The van der Waals surface area contributed by atoms with Gasteiger partial charge in [-0.15, -0.1) is 0 Å². The van der Waals surface area contributed by atoms with Gasteiger partial charge in [0.25, 0.3) is 0 Å². The average molecular weight is 427 g/mol. The summed E-state index contributed by atoms with van der Waals surface area (Å²) in [4.78, 5) is 6.80. The zero-order valence-electron chi connectivity index (χ0n) is 17.1. The molecule has 1 N–H and O–H groups in total. The average Bonchev–Trinajstić information content (AvgIpc) is 3.44. The van der Waals surface area contributed by atoms with Crippen molar-refractivity contribution in [1.29, 1.82) is 0 Å². The van der Waals surface area contributed by atoms with Gasteiger partial charge >= 0.3 is 0 Å². The lowest BCUT2D eigenvalue weighted by molar-refractivity contribution is 0.415. The first-order valence-corrected chi connectivity index (χ1v) is 10.5. The minimum Gasteiger partial charge on any atom is -0.497 e. The maximum atomic E-state index is 5.82. The van der Waals surface area contributed by atoms with Gasteiger partial charge < -0.3 is 19.5 Å². The van der Waals surface area contributed by atoms with Crippen LogP contribution in [0.2, 0.25) is 0 Å². The van der Waals surface area contributed by atoms with E-state index in [2.05, 4.69) is 50.2 Å². The molecule has 154 valence electrons. The van der Waals surface area contributed by atoms with Gasteiger partial charge in [-0.2, -0.15) is 0 Å². The molecule has 31 heavy (non-hydrogen) atoms. The maximum absolute atomic E-state index is 5.82. The molecule has 2 unspecified atom stereocenters. The van der Waals surface area contributed by atoms with Gasteiger partial charge in [0.1, 0.15) is 11.8 Å². The van der Waals surface area contributed by atoms with Crippen LogP contribution in [0.15, 0.2) is 97.3 Å². The Kier molecular flexibility index (Phi) is 5.14. The van der Waals surface area contributed by atoms with E-state index in [9.17, 15) is 0 Å². The fourth-order valence-corrected chi connectivity index (χ4v) is 4.48. The van der Waals surface area contributed by atoms with Gasteiger partial charge in [0.15, 0.2) is 5.11 Å². The Balaban J connectivity index is 1.65. The second kappa shape index (κ2) is 8.24. The summed E-state index contributed by atoms with van der Waals surface area (Å²) in [6.07, 6.45) is 3.91. The lowest BCUT2D eigenvalue weighted by Gasteiger charge is -2.29. The minimum absolute atomic E-state index is 0.0778. The van der Waals surface area contributed by atoms with Crippen LogP contribution >= 0.6 is 12.2 Å². The van der Waals surface area contributed by atoms with Gasteiger partial charge in [0.2, 0.25) is 0 Å². The van der Waals surface area contributed by atoms with Crippen molar-refractivity contribution in [1.82, 2.24) is 14.9 Å². The van der Waals surface area contributed by atoms with E-state index in [-0.39, 0.29) is 12.1 Å². The number of anilines is 1. The molecule has 0 aliphatic carbocycles. The fourth-order valence-electron chi connectivity index (χ4n) is 4.14. The predicted molar refractivity (Wildman–Crippen MR) is 127 cm³/mol. The molecule has 4 aromatic rings. The normalized spacial score (nSPS) is 18.1. The van der Waals surface area contributed by atoms with E-state index < -0.39 is 0 Å². The number of thiocarbonyl (C=S) groups is 1. The van der Waals surface area contributed by atoms with E-state index in [1.54, 1.807) is 7.11 Å². The van der Waals surface area contributed by atoms with Crippen molar-refractivity contribution in [2.75, 3.05) is 12.0 Å². The number of rotatable bonds is 5. The van der Waals surface area contributed by atoms with Crippen LogP contribution in [0.3, 0.4) is 0 Å². The van der Waals surface area contributed by atoms with Gasteiger partial charge in [-0.05, 0) is 72.9 Å². The lowest BCUT2D eigenvalue weighted by Crippen LogP contribution is -2.30. The number of benzene rings is 2. The van der Waals surface area contributed by atoms with Crippen LogP contribution in [-0.2, 0) is 0 Å².